The van der Waals surface area contributed by atoms with Crippen LogP contribution in [0.25, 0.3) is 0 Å². The molecule has 142 valence electrons. The van der Waals surface area contributed by atoms with Gasteiger partial charge < -0.3 is 14.5 Å². The van der Waals surface area contributed by atoms with Gasteiger partial charge in [-0.3, -0.25) is 9.59 Å². The van der Waals surface area contributed by atoms with E-state index in [1.54, 1.807) is 19.1 Å². The first-order valence-corrected chi connectivity index (χ1v) is 9.07. The van der Waals surface area contributed by atoms with Crippen molar-refractivity contribution in [3.63, 3.8) is 0 Å². The SMILES string of the molecule is COCN1C(=O)C(c2c(C)cc(C)cc2C)C(=O)C12CCN(OC)CC2. The highest BCUT2D eigenvalue weighted by Crippen LogP contribution is 2.44. The highest BCUT2D eigenvalue weighted by molar-refractivity contribution is 6.17. The molecule has 2 aliphatic heterocycles. The summed E-state index contributed by atoms with van der Waals surface area (Å²) in [5.74, 6) is -0.872. The van der Waals surface area contributed by atoms with Crippen LogP contribution in [0.4, 0.5) is 0 Å². The van der Waals surface area contributed by atoms with Crippen LogP contribution in [-0.4, -0.2) is 61.2 Å². The minimum absolute atomic E-state index is 0.00496. The number of hydroxylamine groups is 2. The largest absolute Gasteiger partial charge is 0.364 e. The van der Waals surface area contributed by atoms with Gasteiger partial charge in [0, 0.05) is 20.2 Å². The summed E-state index contributed by atoms with van der Waals surface area (Å²) in [4.78, 5) is 33.8. The van der Waals surface area contributed by atoms with Crippen LogP contribution >= 0.6 is 0 Å². The fourth-order valence-corrected chi connectivity index (χ4v) is 4.65. The van der Waals surface area contributed by atoms with E-state index in [-0.39, 0.29) is 18.4 Å². The van der Waals surface area contributed by atoms with Gasteiger partial charge in [0.25, 0.3) is 0 Å². The maximum absolute atomic E-state index is 13.6. The van der Waals surface area contributed by atoms with Crippen molar-refractivity contribution in [1.82, 2.24) is 9.96 Å². The highest BCUT2D eigenvalue weighted by Gasteiger charge is 2.59. The fourth-order valence-electron chi connectivity index (χ4n) is 4.65. The molecule has 2 aliphatic rings. The summed E-state index contributed by atoms with van der Waals surface area (Å²) < 4.78 is 5.30. The predicted molar refractivity (Wildman–Crippen MR) is 97.7 cm³/mol. The lowest BCUT2D eigenvalue weighted by Crippen LogP contribution is -2.56. The molecule has 2 fully saturated rings. The number of hydrogen-bond acceptors (Lipinski definition) is 5. The minimum Gasteiger partial charge on any atom is -0.364 e. The number of Topliss-reactive ketones (excluding diaryl/α,β-unsaturated/α-hetero) is 1. The summed E-state index contributed by atoms with van der Waals surface area (Å²) in [5.41, 5.74) is 3.20. The molecule has 2 saturated heterocycles. The van der Waals surface area contributed by atoms with Gasteiger partial charge in [0.05, 0.1) is 7.11 Å². The van der Waals surface area contributed by atoms with Gasteiger partial charge >= 0.3 is 0 Å². The molecule has 0 aromatic heterocycles. The second kappa shape index (κ2) is 7.10. The molecule has 0 saturated carbocycles. The van der Waals surface area contributed by atoms with Crippen molar-refractivity contribution in [1.29, 1.82) is 0 Å². The topological polar surface area (TPSA) is 59.1 Å². The summed E-state index contributed by atoms with van der Waals surface area (Å²) in [6.45, 7) is 7.37. The van der Waals surface area contributed by atoms with E-state index in [1.165, 1.54) is 0 Å². The van der Waals surface area contributed by atoms with E-state index in [2.05, 4.69) is 0 Å². The average Bonchev–Trinajstić information content (AvgIpc) is 2.78. The molecular formula is C20H28N2O4. The number of ketones is 1. The predicted octanol–water partition coefficient (Wildman–Crippen LogP) is 2.11. The Morgan fingerprint density at radius 1 is 1.08 bits per heavy atom. The number of piperidine rings is 1. The van der Waals surface area contributed by atoms with Crippen molar-refractivity contribution in [3.05, 3.63) is 34.4 Å². The Morgan fingerprint density at radius 2 is 1.65 bits per heavy atom. The van der Waals surface area contributed by atoms with Crippen molar-refractivity contribution >= 4 is 11.7 Å². The molecule has 1 aromatic rings. The molecule has 0 bridgehead atoms. The Bertz CT molecular complexity index is 700. The van der Waals surface area contributed by atoms with E-state index in [0.717, 1.165) is 22.3 Å². The standard InChI is InChI=1S/C20H28N2O4/c1-13-10-14(2)16(15(3)11-13)17-18(23)20(22(12-25-4)19(17)24)6-8-21(26-5)9-7-20/h10-11,17H,6-9,12H2,1-5H3. The molecule has 26 heavy (non-hydrogen) atoms. The van der Waals surface area contributed by atoms with Crippen molar-refractivity contribution in [3.8, 4) is 0 Å². The summed E-state index contributed by atoms with van der Waals surface area (Å²) in [6, 6.07) is 4.09. The van der Waals surface area contributed by atoms with Crippen LogP contribution in [0.1, 0.15) is 41.0 Å². The number of likely N-dealkylation sites (tertiary alicyclic amines) is 1. The second-order valence-corrected chi connectivity index (χ2v) is 7.44. The first kappa shape index (κ1) is 19.0. The zero-order valence-electron chi connectivity index (χ0n) is 16.3. The molecular weight excluding hydrogens is 332 g/mol. The number of amides is 1. The normalized spacial score (nSPS) is 23.3. The Kier molecular flexibility index (Phi) is 5.19. The lowest BCUT2D eigenvalue weighted by Gasteiger charge is -2.42. The van der Waals surface area contributed by atoms with Crippen LogP contribution in [0.3, 0.4) is 0 Å². The van der Waals surface area contributed by atoms with E-state index >= 15 is 0 Å². The Hall–Kier alpha value is -1.76. The third-order valence-corrected chi connectivity index (χ3v) is 5.84. The van der Waals surface area contributed by atoms with E-state index in [4.69, 9.17) is 9.57 Å². The molecule has 0 radical (unpaired) electrons. The van der Waals surface area contributed by atoms with Gasteiger partial charge in [-0.1, -0.05) is 17.7 Å². The number of ether oxygens (including phenoxy) is 1. The third kappa shape index (κ3) is 2.86. The molecule has 2 heterocycles. The van der Waals surface area contributed by atoms with Crippen LogP contribution in [0.15, 0.2) is 12.1 Å². The number of aryl methyl sites for hydroxylation is 3. The van der Waals surface area contributed by atoms with Gasteiger partial charge in [-0.05, 0) is 50.3 Å². The van der Waals surface area contributed by atoms with Gasteiger partial charge in [-0.2, -0.15) is 5.06 Å². The summed E-state index contributed by atoms with van der Waals surface area (Å²) in [5, 5.41) is 1.84. The molecule has 1 amide bonds. The molecule has 1 spiro atoms. The van der Waals surface area contributed by atoms with Crippen LogP contribution in [-0.2, 0) is 19.2 Å². The maximum atomic E-state index is 13.6. The number of methoxy groups -OCH3 is 1. The van der Waals surface area contributed by atoms with Crippen molar-refractivity contribution in [2.24, 2.45) is 0 Å². The van der Waals surface area contributed by atoms with E-state index in [9.17, 15) is 9.59 Å². The molecule has 1 aromatic carbocycles. The van der Waals surface area contributed by atoms with Crippen LogP contribution < -0.4 is 0 Å². The van der Waals surface area contributed by atoms with Gasteiger partial charge in [0.15, 0.2) is 5.78 Å². The third-order valence-electron chi connectivity index (χ3n) is 5.84. The zero-order chi connectivity index (χ0) is 19.1. The van der Waals surface area contributed by atoms with E-state index in [0.29, 0.717) is 25.9 Å². The Labute approximate surface area is 155 Å². The van der Waals surface area contributed by atoms with Crippen molar-refractivity contribution < 1.29 is 19.2 Å². The molecule has 0 N–H and O–H groups in total. The van der Waals surface area contributed by atoms with E-state index in [1.807, 2.05) is 38.0 Å². The van der Waals surface area contributed by atoms with Crippen molar-refractivity contribution in [2.75, 3.05) is 34.0 Å². The summed E-state index contributed by atoms with van der Waals surface area (Å²) >= 11 is 0. The summed E-state index contributed by atoms with van der Waals surface area (Å²) in [7, 11) is 3.19. The molecule has 1 unspecified atom stereocenters. The number of carbonyl (C=O) groups is 2. The number of benzene rings is 1. The van der Waals surface area contributed by atoms with Gasteiger partial charge in [0.2, 0.25) is 5.91 Å². The quantitative estimate of drug-likeness (QED) is 0.770. The molecule has 0 aliphatic carbocycles. The Balaban J connectivity index is 2.04. The first-order chi connectivity index (χ1) is 12.4. The number of hydrogen-bond donors (Lipinski definition) is 0. The zero-order valence-corrected chi connectivity index (χ0v) is 16.3. The monoisotopic (exact) mass is 360 g/mol. The fraction of sp³-hybridized carbons (Fsp3) is 0.600. The molecule has 6 heteroatoms. The second-order valence-electron chi connectivity index (χ2n) is 7.44. The minimum atomic E-state index is -0.795. The average molecular weight is 360 g/mol. The lowest BCUT2D eigenvalue weighted by atomic mass is 9.78. The van der Waals surface area contributed by atoms with E-state index < -0.39 is 11.5 Å². The maximum Gasteiger partial charge on any atom is 0.240 e. The number of rotatable bonds is 4. The number of nitrogens with zero attached hydrogens (tertiary/aromatic N) is 2. The summed E-state index contributed by atoms with van der Waals surface area (Å²) in [6.07, 6.45) is 1.13. The first-order valence-electron chi connectivity index (χ1n) is 9.07. The molecule has 3 rings (SSSR count). The Morgan fingerprint density at radius 3 is 2.15 bits per heavy atom. The molecule has 6 nitrogen and oxygen atoms in total. The lowest BCUT2D eigenvalue weighted by molar-refractivity contribution is -0.172. The molecule has 1 atom stereocenters. The van der Waals surface area contributed by atoms with Crippen LogP contribution in [0.5, 0.6) is 0 Å². The highest BCUT2D eigenvalue weighted by atomic mass is 16.7. The van der Waals surface area contributed by atoms with Gasteiger partial charge in [-0.25, -0.2) is 0 Å². The van der Waals surface area contributed by atoms with Crippen LogP contribution in [0.2, 0.25) is 0 Å². The smallest absolute Gasteiger partial charge is 0.240 e. The van der Waals surface area contributed by atoms with Gasteiger partial charge in [0.1, 0.15) is 18.2 Å². The number of carbonyl (C=O) groups excluding carboxylic acids is 2. The van der Waals surface area contributed by atoms with Crippen molar-refractivity contribution in [2.45, 2.75) is 45.1 Å². The van der Waals surface area contributed by atoms with Gasteiger partial charge in [-0.15, -0.1) is 0 Å². The van der Waals surface area contributed by atoms with Crippen LogP contribution in [0, 0.1) is 20.8 Å².